The molecule has 16 heavy (non-hydrogen) atoms. The maximum absolute atomic E-state index is 9.87. The van der Waals surface area contributed by atoms with Crippen LogP contribution in [0, 0.1) is 6.92 Å². The molecule has 0 aliphatic carbocycles. The maximum atomic E-state index is 9.87. The molecule has 2 aromatic rings. The van der Waals surface area contributed by atoms with Crippen LogP contribution in [0.1, 0.15) is 5.69 Å². The Morgan fingerprint density at radius 1 is 1.12 bits per heavy atom. The van der Waals surface area contributed by atoms with Gasteiger partial charge in [-0.2, -0.15) is 0 Å². The number of pyridine rings is 1. The Labute approximate surface area is 103 Å². The highest BCUT2D eigenvalue weighted by Crippen LogP contribution is 2.34. The Hall–Kier alpha value is -1.25. The first-order valence-corrected chi connectivity index (χ1v) is 5.45. The van der Waals surface area contributed by atoms with Crippen molar-refractivity contribution in [2.75, 3.05) is 0 Å². The monoisotopic (exact) mass is 253 g/mol. The van der Waals surface area contributed by atoms with Crippen molar-refractivity contribution < 1.29 is 5.11 Å². The minimum Gasteiger partial charge on any atom is -0.505 e. The van der Waals surface area contributed by atoms with Gasteiger partial charge in [0.05, 0.1) is 15.7 Å². The molecule has 82 valence electrons. The van der Waals surface area contributed by atoms with Crippen LogP contribution in [0.15, 0.2) is 30.5 Å². The number of aryl methyl sites for hydroxylation is 1. The Bertz CT molecular complexity index is 541. The van der Waals surface area contributed by atoms with E-state index in [1.807, 2.05) is 6.07 Å². The molecule has 1 aromatic carbocycles. The second-order valence-electron chi connectivity index (χ2n) is 3.42. The molecule has 1 aromatic heterocycles. The summed E-state index contributed by atoms with van der Waals surface area (Å²) in [6.45, 7) is 1.75. The quantitative estimate of drug-likeness (QED) is 0.832. The number of hydrogen-bond acceptors (Lipinski definition) is 2. The van der Waals surface area contributed by atoms with Gasteiger partial charge in [-0.1, -0.05) is 29.3 Å². The summed E-state index contributed by atoms with van der Waals surface area (Å²) in [5, 5.41) is 10.8. The molecule has 1 heterocycles. The largest absolute Gasteiger partial charge is 0.505 e. The molecule has 0 radical (unpaired) electrons. The van der Waals surface area contributed by atoms with E-state index in [1.165, 1.54) is 0 Å². The van der Waals surface area contributed by atoms with Crippen molar-refractivity contribution >= 4 is 23.2 Å². The number of rotatable bonds is 1. The molecule has 0 aliphatic heterocycles. The lowest BCUT2D eigenvalue weighted by atomic mass is 10.1. The van der Waals surface area contributed by atoms with Crippen molar-refractivity contribution in [1.29, 1.82) is 0 Å². The summed E-state index contributed by atoms with van der Waals surface area (Å²) in [6, 6.07) is 6.97. The lowest BCUT2D eigenvalue weighted by molar-refractivity contribution is 0.470. The van der Waals surface area contributed by atoms with E-state index < -0.39 is 0 Å². The lowest BCUT2D eigenvalue weighted by Crippen LogP contribution is -1.86. The van der Waals surface area contributed by atoms with E-state index in [1.54, 1.807) is 31.3 Å². The first kappa shape index (κ1) is 11.2. The van der Waals surface area contributed by atoms with Gasteiger partial charge in [0.1, 0.15) is 5.75 Å². The van der Waals surface area contributed by atoms with Crippen molar-refractivity contribution in [3.8, 4) is 16.9 Å². The van der Waals surface area contributed by atoms with Gasteiger partial charge in [-0.15, -0.1) is 0 Å². The number of benzene rings is 1. The molecule has 0 spiro atoms. The molecule has 2 nitrogen and oxygen atoms in total. The third-order valence-corrected chi connectivity index (χ3v) is 3.08. The molecule has 1 N–H and O–H groups in total. The van der Waals surface area contributed by atoms with Gasteiger partial charge in [-0.05, 0) is 30.7 Å². The minimum absolute atomic E-state index is 0.167. The van der Waals surface area contributed by atoms with Crippen LogP contribution >= 0.6 is 23.2 Å². The van der Waals surface area contributed by atoms with E-state index in [-0.39, 0.29) is 5.75 Å². The summed E-state index contributed by atoms with van der Waals surface area (Å²) in [5.41, 5.74) is 2.10. The summed E-state index contributed by atoms with van der Waals surface area (Å²) in [5.74, 6) is 0.167. The maximum Gasteiger partial charge on any atom is 0.144 e. The SMILES string of the molecule is Cc1nccc(-c2ccc(Cl)c(Cl)c2)c1O. The number of halogens is 2. The predicted octanol–water partition coefficient (Wildman–Crippen LogP) is 4.07. The molecule has 0 saturated heterocycles. The highest BCUT2D eigenvalue weighted by Gasteiger charge is 2.08. The molecule has 0 saturated carbocycles. The van der Waals surface area contributed by atoms with E-state index in [9.17, 15) is 5.11 Å². The number of nitrogens with zero attached hydrogens (tertiary/aromatic N) is 1. The fourth-order valence-corrected chi connectivity index (χ4v) is 1.75. The molecule has 0 bridgehead atoms. The van der Waals surface area contributed by atoms with Crippen LogP contribution in [0.2, 0.25) is 10.0 Å². The molecule has 0 fully saturated rings. The van der Waals surface area contributed by atoms with Crippen molar-refractivity contribution in [1.82, 2.24) is 4.98 Å². The van der Waals surface area contributed by atoms with Crippen LogP contribution in [0.3, 0.4) is 0 Å². The van der Waals surface area contributed by atoms with Crippen LogP contribution in [0.5, 0.6) is 5.75 Å². The van der Waals surface area contributed by atoms with E-state index in [0.717, 1.165) is 5.56 Å². The fraction of sp³-hybridized carbons (Fsp3) is 0.0833. The first-order valence-electron chi connectivity index (χ1n) is 4.69. The van der Waals surface area contributed by atoms with Gasteiger partial charge in [0, 0.05) is 11.8 Å². The van der Waals surface area contributed by atoms with E-state index in [4.69, 9.17) is 23.2 Å². The van der Waals surface area contributed by atoms with Crippen molar-refractivity contribution in [3.05, 3.63) is 46.2 Å². The number of aromatic hydroxyl groups is 1. The topological polar surface area (TPSA) is 33.1 Å². The lowest BCUT2D eigenvalue weighted by Gasteiger charge is -2.07. The predicted molar refractivity (Wildman–Crippen MR) is 66.1 cm³/mol. The van der Waals surface area contributed by atoms with Gasteiger partial charge in [0.25, 0.3) is 0 Å². The second kappa shape index (κ2) is 4.32. The zero-order valence-corrected chi connectivity index (χ0v) is 10.0. The molecule has 0 amide bonds. The minimum atomic E-state index is 0.167. The molecule has 0 aliphatic rings. The third kappa shape index (κ3) is 1.99. The van der Waals surface area contributed by atoms with Gasteiger partial charge in [0.15, 0.2) is 0 Å². The smallest absolute Gasteiger partial charge is 0.144 e. The van der Waals surface area contributed by atoms with Gasteiger partial charge < -0.3 is 5.11 Å². The summed E-state index contributed by atoms with van der Waals surface area (Å²) < 4.78 is 0. The highest BCUT2D eigenvalue weighted by atomic mass is 35.5. The zero-order chi connectivity index (χ0) is 11.7. The van der Waals surface area contributed by atoms with E-state index >= 15 is 0 Å². The van der Waals surface area contributed by atoms with Crippen LogP contribution < -0.4 is 0 Å². The average molecular weight is 254 g/mol. The standard InChI is InChI=1S/C12H9Cl2NO/c1-7-12(16)9(4-5-15-7)8-2-3-10(13)11(14)6-8/h2-6,16H,1H3. The first-order chi connectivity index (χ1) is 7.59. The van der Waals surface area contributed by atoms with Crippen LogP contribution in [0.25, 0.3) is 11.1 Å². The Balaban J connectivity index is 2.59. The molecule has 0 unspecified atom stereocenters. The van der Waals surface area contributed by atoms with Crippen molar-refractivity contribution in [2.45, 2.75) is 6.92 Å². The Kier molecular flexibility index (Phi) is 3.03. The van der Waals surface area contributed by atoms with Crippen LogP contribution in [-0.2, 0) is 0 Å². The molecule has 4 heteroatoms. The summed E-state index contributed by atoms with van der Waals surface area (Å²) >= 11 is 11.8. The summed E-state index contributed by atoms with van der Waals surface area (Å²) in [6.07, 6.45) is 1.65. The van der Waals surface area contributed by atoms with Crippen LogP contribution in [0.4, 0.5) is 0 Å². The third-order valence-electron chi connectivity index (χ3n) is 2.34. The van der Waals surface area contributed by atoms with Crippen LogP contribution in [-0.4, -0.2) is 10.1 Å². The molecular formula is C12H9Cl2NO. The zero-order valence-electron chi connectivity index (χ0n) is 8.54. The van der Waals surface area contributed by atoms with E-state index in [0.29, 0.717) is 21.3 Å². The highest BCUT2D eigenvalue weighted by molar-refractivity contribution is 6.42. The average Bonchev–Trinajstić information content (AvgIpc) is 2.26. The van der Waals surface area contributed by atoms with Gasteiger partial charge >= 0.3 is 0 Å². The van der Waals surface area contributed by atoms with Gasteiger partial charge in [0.2, 0.25) is 0 Å². The Morgan fingerprint density at radius 2 is 1.88 bits per heavy atom. The molecule has 2 rings (SSSR count). The summed E-state index contributed by atoms with van der Waals surface area (Å²) in [4.78, 5) is 4.00. The molecular weight excluding hydrogens is 245 g/mol. The summed E-state index contributed by atoms with van der Waals surface area (Å²) in [7, 11) is 0. The van der Waals surface area contributed by atoms with Gasteiger partial charge in [-0.25, -0.2) is 0 Å². The van der Waals surface area contributed by atoms with Crippen molar-refractivity contribution in [3.63, 3.8) is 0 Å². The Morgan fingerprint density at radius 3 is 2.56 bits per heavy atom. The van der Waals surface area contributed by atoms with Gasteiger partial charge in [-0.3, -0.25) is 4.98 Å². The fourth-order valence-electron chi connectivity index (χ4n) is 1.46. The number of aromatic nitrogens is 1. The second-order valence-corrected chi connectivity index (χ2v) is 4.24. The number of hydrogen-bond donors (Lipinski definition) is 1. The van der Waals surface area contributed by atoms with E-state index in [2.05, 4.69) is 4.98 Å². The normalized spacial score (nSPS) is 10.4. The molecule has 0 atom stereocenters. The van der Waals surface area contributed by atoms with Crippen molar-refractivity contribution in [2.24, 2.45) is 0 Å².